The van der Waals surface area contributed by atoms with Crippen molar-refractivity contribution in [1.82, 2.24) is 9.71 Å². The smallest absolute Gasteiger partial charge is 0.243 e. The molecular formula is C9H12N2O2S. The Morgan fingerprint density at radius 2 is 2.21 bits per heavy atom. The molecule has 4 nitrogen and oxygen atoms in total. The van der Waals surface area contributed by atoms with Crippen molar-refractivity contribution in [3.63, 3.8) is 0 Å². The lowest BCUT2D eigenvalue weighted by molar-refractivity contribution is 0.582. The standard InChI is InChI=1S/C9H12N2O2S/c1-10-14(12,13)9-8(7-4-5-7)3-2-6-11-9/h2-3,6-7,10H,4-5H2,1H3. The van der Waals surface area contributed by atoms with Gasteiger partial charge in [0.05, 0.1) is 0 Å². The topological polar surface area (TPSA) is 59.1 Å². The average molecular weight is 212 g/mol. The van der Waals surface area contributed by atoms with Crippen LogP contribution in [0.3, 0.4) is 0 Å². The molecular weight excluding hydrogens is 200 g/mol. The second kappa shape index (κ2) is 3.33. The number of nitrogens with one attached hydrogen (secondary N) is 1. The van der Waals surface area contributed by atoms with E-state index in [9.17, 15) is 8.42 Å². The fourth-order valence-corrected chi connectivity index (χ4v) is 2.37. The van der Waals surface area contributed by atoms with E-state index in [0.717, 1.165) is 18.4 Å². The zero-order valence-electron chi connectivity index (χ0n) is 7.90. The van der Waals surface area contributed by atoms with E-state index in [1.807, 2.05) is 6.07 Å². The van der Waals surface area contributed by atoms with Crippen LogP contribution in [0.2, 0.25) is 0 Å². The van der Waals surface area contributed by atoms with Gasteiger partial charge in [0.2, 0.25) is 0 Å². The Kier molecular flexibility index (Phi) is 2.28. The lowest BCUT2D eigenvalue weighted by atomic mass is 10.2. The van der Waals surface area contributed by atoms with E-state index in [2.05, 4.69) is 9.71 Å². The van der Waals surface area contributed by atoms with Crippen LogP contribution in [-0.4, -0.2) is 20.4 Å². The fourth-order valence-electron chi connectivity index (χ4n) is 1.43. The maximum absolute atomic E-state index is 11.6. The van der Waals surface area contributed by atoms with Gasteiger partial charge in [-0.2, -0.15) is 0 Å². The van der Waals surface area contributed by atoms with Gasteiger partial charge in [-0.25, -0.2) is 18.1 Å². The van der Waals surface area contributed by atoms with E-state index in [1.54, 1.807) is 6.07 Å². The molecule has 1 N–H and O–H groups in total. The van der Waals surface area contributed by atoms with Gasteiger partial charge in [-0.3, -0.25) is 0 Å². The quantitative estimate of drug-likeness (QED) is 0.808. The van der Waals surface area contributed by atoms with Gasteiger partial charge in [-0.1, -0.05) is 6.07 Å². The van der Waals surface area contributed by atoms with Gasteiger partial charge in [0.25, 0.3) is 10.0 Å². The van der Waals surface area contributed by atoms with Crippen molar-refractivity contribution in [1.29, 1.82) is 0 Å². The highest BCUT2D eigenvalue weighted by molar-refractivity contribution is 7.89. The first-order valence-corrected chi connectivity index (χ1v) is 6.02. The maximum Gasteiger partial charge on any atom is 0.258 e. The van der Waals surface area contributed by atoms with Crippen molar-refractivity contribution in [2.24, 2.45) is 0 Å². The van der Waals surface area contributed by atoms with E-state index < -0.39 is 10.0 Å². The van der Waals surface area contributed by atoms with E-state index >= 15 is 0 Å². The molecule has 0 atom stereocenters. The lowest BCUT2D eigenvalue weighted by Crippen LogP contribution is -2.21. The highest BCUT2D eigenvalue weighted by Gasteiger charge is 2.30. The van der Waals surface area contributed by atoms with Gasteiger partial charge < -0.3 is 0 Å². The number of aromatic nitrogens is 1. The highest BCUT2D eigenvalue weighted by Crippen LogP contribution is 2.41. The molecule has 0 aliphatic heterocycles. The minimum Gasteiger partial charge on any atom is -0.243 e. The molecule has 1 aromatic rings. The predicted octanol–water partition coefficient (Wildman–Crippen LogP) is 0.867. The summed E-state index contributed by atoms with van der Waals surface area (Å²) in [6.45, 7) is 0. The van der Waals surface area contributed by atoms with E-state index in [0.29, 0.717) is 5.92 Å². The first kappa shape index (κ1) is 9.61. The molecule has 1 aliphatic rings. The van der Waals surface area contributed by atoms with Crippen molar-refractivity contribution in [3.8, 4) is 0 Å². The van der Waals surface area contributed by atoms with Crippen LogP contribution in [0.4, 0.5) is 0 Å². The van der Waals surface area contributed by atoms with Crippen molar-refractivity contribution in [2.45, 2.75) is 23.8 Å². The molecule has 1 aliphatic carbocycles. The summed E-state index contributed by atoms with van der Waals surface area (Å²) in [6.07, 6.45) is 3.64. The summed E-state index contributed by atoms with van der Waals surface area (Å²) in [4.78, 5) is 3.93. The lowest BCUT2D eigenvalue weighted by Gasteiger charge is -2.06. The molecule has 0 unspecified atom stereocenters. The third kappa shape index (κ3) is 1.65. The number of rotatable bonds is 3. The third-order valence-corrected chi connectivity index (χ3v) is 3.73. The predicted molar refractivity (Wildman–Crippen MR) is 52.5 cm³/mol. The Morgan fingerprint density at radius 3 is 2.79 bits per heavy atom. The van der Waals surface area contributed by atoms with Gasteiger partial charge >= 0.3 is 0 Å². The van der Waals surface area contributed by atoms with Crippen LogP contribution >= 0.6 is 0 Å². The third-order valence-electron chi connectivity index (χ3n) is 2.34. The van der Waals surface area contributed by atoms with Gasteiger partial charge in [-0.05, 0) is 37.4 Å². The zero-order chi connectivity index (χ0) is 10.2. The molecule has 1 heterocycles. The molecule has 5 heteroatoms. The molecule has 0 aromatic carbocycles. The summed E-state index contributed by atoms with van der Waals surface area (Å²) >= 11 is 0. The minimum absolute atomic E-state index is 0.185. The molecule has 76 valence electrons. The molecule has 1 aromatic heterocycles. The number of sulfonamides is 1. The SMILES string of the molecule is CNS(=O)(=O)c1ncccc1C1CC1. The maximum atomic E-state index is 11.6. The number of pyridine rings is 1. The average Bonchev–Trinajstić information content (AvgIpc) is 3.01. The summed E-state index contributed by atoms with van der Waals surface area (Å²) in [5.74, 6) is 0.391. The fraction of sp³-hybridized carbons (Fsp3) is 0.444. The Hall–Kier alpha value is -0.940. The molecule has 0 amide bonds. The summed E-state index contributed by atoms with van der Waals surface area (Å²) in [5, 5.41) is 0.185. The van der Waals surface area contributed by atoms with Crippen LogP contribution in [0.25, 0.3) is 0 Å². The van der Waals surface area contributed by atoms with Gasteiger partial charge in [-0.15, -0.1) is 0 Å². The monoisotopic (exact) mass is 212 g/mol. The van der Waals surface area contributed by atoms with E-state index in [1.165, 1.54) is 13.2 Å². The van der Waals surface area contributed by atoms with Crippen LogP contribution in [-0.2, 0) is 10.0 Å². The molecule has 0 bridgehead atoms. The Bertz CT molecular complexity index is 438. The Morgan fingerprint density at radius 1 is 1.50 bits per heavy atom. The number of hydrogen-bond acceptors (Lipinski definition) is 3. The second-order valence-electron chi connectivity index (χ2n) is 3.38. The number of hydrogen-bond donors (Lipinski definition) is 1. The molecule has 0 spiro atoms. The largest absolute Gasteiger partial charge is 0.258 e. The van der Waals surface area contributed by atoms with Gasteiger partial charge in [0.1, 0.15) is 0 Å². The van der Waals surface area contributed by atoms with Crippen molar-refractivity contribution in [3.05, 3.63) is 23.9 Å². The summed E-state index contributed by atoms with van der Waals surface area (Å²) in [6, 6.07) is 3.62. The summed E-state index contributed by atoms with van der Waals surface area (Å²) in [7, 11) is -1.99. The second-order valence-corrected chi connectivity index (χ2v) is 5.18. The van der Waals surface area contributed by atoms with Crippen molar-refractivity contribution >= 4 is 10.0 Å². The molecule has 14 heavy (non-hydrogen) atoms. The first-order valence-electron chi connectivity index (χ1n) is 4.53. The summed E-state index contributed by atoms with van der Waals surface area (Å²) < 4.78 is 25.5. The molecule has 0 saturated heterocycles. The van der Waals surface area contributed by atoms with Gasteiger partial charge in [0.15, 0.2) is 5.03 Å². The molecule has 0 radical (unpaired) electrons. The van der Waals surface area contributed by atoms with Gasteiger partial charge in [0, 0.05) is 6.20 Å². The van der Waals surface area contributed by atoms with E-state index in [4.69, 9.17) is 0 Å². The number of nitrogens with zero attached hydrogens (tertiary/aromatic N) is 1. The summed E-state index contributed by atoms with van der Waals surface area (Å²) in [5.41, 5.74) is 0.849. The minimum atomic E-state index is -3.39. The molecule has 2 rings (SSSR count). The first-order chi connectivity index (χ1) is 6.65. The highest BCUT2D eigenvalue weighted by atomic mass is 32.2. The molecule has 1 fully saturated rings. The van der Waals surface area contributed by atoms with Crippen LogP contribution in [0.1, 0.15) is 24.3 Å². The van der Waals surface area contributed by atoms with Crippen LogP contribution in [0, 0.1) is 0 Å². The zero-order valence-corrected chi connectivity index (χ0v) is 8.71. The van der Waals surface area contributed by atoms with E-state index in [-0.39, 0.29) is 5.03 Å². The Labute approximate surface area is 83.4 Å². The van der Waals surface area contributed by atoms with Crippen LogP contribution in [0.15, 0.2) is 23.4 Å². The Balaban J connectivity index is 2.51. The van der Waals surface area contributed by atoms with Crippen molar-refractivity contribution in [2.75, 3.05) is 7.05 Å². The van der Waals surface area contributed by atoms with Crippen molar-refractivity contribution < 1.29 is 8.42 Å². The molecule has 1 saturated carbocycles. The normalized spacial score (nSPS) is 16.9. The van der Waals surface area contributed by atoms with Crippen LogP contribution < -0.4 is 4.72 Å². The van der Waals surface area contributed by atoms with Crippen LogP contribution in [0.5, 0.6) is 0 Å².